The van der Waals surface area contributed by atoms with Crippen LogP contribution in [0.5, 0.6) is 0 Å². The Balaban J connectivity index is 2.34. The Labute approximate surface area is 135 Å². The van der Waals surface area contributed by atoms with Gasteiger partial charge in [0.15, 0.2) is 0 Å². The number of nitrogens with zero attached hydrogens (tertiary/aromatic N) is 2. The highest BCUT2D eigenvalue weighted by molar-refractivity contribution is 9.10. The molecule has 2 aromatic carbocycles. The molecule has 20 heavy (non-hydrogen) atoms. The second-order valence-electron chi connectivity index (χ2n) is 4.58. The van der Waals surface area contributed by atoms with Crippen molar-refractivity contribution in [1.82, 2.24) is 9.55 Å². The maximum atomic E-state index is 6.05. The number of halogens is 3. The fourth-order valence-corrected chi connectivity index (χ4v) is 3.27. The van der Waals surface area contributed by atoms with E-state index in [9.17, 15) is 0 Å². The molecule has 0 unspecified atom stereocenters. The molecule has 0 aliphatic rings. The standard InChI is InChI=1S/C15H11BrCl2N2/c1-9-2-4-13(11(16)6-9)20-14-5-3-10(18)7-12(14)19-15(20)8-17/h2-7H,8H2,1H3. The van der Waals surface area contributed by atoms with E-state index in [2.05, 4.69) is 50.6 Å². The molecule has 0 bridgehead atoms. The summed E-state index contributed by atoms with van der Waals surface area (Å²) in [5.74, 6) is 1.14. The van der Waals surface area contributed by atoms with E-state index >= 15 is 0 Å². The summed E-state index contributed by atoms with van der Waals surface area (Å²) in [7, 11) is 0. The topological polar surface area (TPSA) is 17.8 Å². The Bertz CT molecular complexity index is 796. The highest BCUT2D eigenvalue weighted by Crippen LogP contribution is 2.29. The first kappa shape index (κ1) is 13.9. The molecule has 3 aromatic rings. The maximum Gasteiger partial charge on any atom is 0.129 e. The summed E-state index contributed by atoms with van der Waals surface area (Å²) in [6, 6.07) is 11.9. The molecule has 0 aliphatic carbocycles. The van der Waals surface area contributed by atoms with Crippen LogP contribution in [0.25, 0.3) is 16.7 Å². The lowest BCUT2D eigenvalue weighted by Crippen LogP contribution is -2.00. The lowest BCUT2D eigenvalue weighted by atomic mass is 10.2. The lowest BCUT2D eigenvalue weighted by molar-refractivity contribution is 0.976. The van der Waals surface area contributed by atoms with Gasteiger partial charge in [0.25, 0.3) is 0 Å². The molecule has 0 atom stereocenters. The van der Waals surface area contributed by atoms with E-state index in [1.165, 1.54) is 5.56 Å². The van der Waals surface area contributed by atoms with Crippen molar-refractivity contribution >= 4 is 50.2 Å². The van der Waals surface area contributed by atoms with Crippen LogP contribution in [0.15, 0.2) is 40.9 Å². The predicted octanol–water partition coefficient (Wildman–Crippen LogP) is 5.49. The van der Waals surface area contributed by atoms with Gasteiger partial charge in [-0.25, -0.2) is 4.98 Å². The zero-order valence-corrected chi connectivity index (χ0v) is 13.8. The Hall–Kier alpha value is -1.03. The third-order valence-electron chi connectivity index (χ3n) is 3.15. The minimum Gasteiger partial charge on any atom is -0.294 e. The first-order chi connectivity index (χ1) is 9.60. The fraction of sp³-hybridized carbons (Fsp3) is 0.133. The molecule has 0 saturated carbocycles. The summed E-state index contributed by atoms with van der Waals surface area (Å²) in [4.78, 5) is 4.56. The number of hydrogen-bond acceptors (Lipinski definition) is 1. The lowest BCUT2D eigenvalue weighted by Gasteiger charge is -2.10. The van der Waals surface area contributed by atoms with E-state index < -0.39 is 0 Å². The first-order valence-corrected chi connectivity index (χ1v) is 7.80. The van der Waals surface area contributed by atoms with Crippen LogP contribution < -0.4 is 0 Å². The second kappa shape index (κ2) is 5.40. The average Bonchev–Trinajstić information content (AvgIpc) is 2.76. The van der Waals surface area contributed by atoms with Crippen molar-refractivity contribution < 1.29 is 0 Å². The Morgan fingerprint density at radius 2 is 2.00 bits per heavy atom. The van der Waals surface area contributed by atoms with Gasteiger partial charge in [0.2, 0.25) is 0 Å². The summed E-state index contributed by atoms with van der Waals surface area (Å²) in [6.07, 6.45) is 0. The van der Waals surface area contributed by atoms with Crippen LogP contribution in [-0.2, 0) is 5.88 Å². The van der Waals surface area contributed by atoms with E-state index in [0.29, 0.717) is 10.9 Å². The molecular weight excluding hydrogens is 359 g/mol. The monoisotopic (exact) mass is 368 g/mol. The molecule has 5 heteroatoms. The largest absolute Gasteiger partial charge is 0.294 e. The highest BCUT2D eigenvalue weighted by atomic mass is 79.9. The van der Waals surface area contributed by atoms with Gasteiger partial charge < -0.3 is 0 Å². The van der Waals surface area contributed by atoms with Crippen molar-refractivity contribution in [3.05, 3.63) is 57.3 Å². The molecule has 0 fully saturated rings. The summed E-state index contributed by atoms with van der Waals surface area (Å²) in [5, 5.41) is 0.672. The molecule has 0 N–H and O–H groups in total. The molecule has 3 rings (SSSR count). The zero-order valence-electron chi connectivity index (χ0n) is 10.7. The normalized spacial score (nSPS) is 11.2. The summed E-state index contributed by atoms with van der Waals surface area (Å²) in [5.41, 5.74) is 4.06. The minimum absolute atomic E-state index is 0.340. The molecule has 2 nitrogen and oxygen atoms in total. The van der Waals surface area contributed by atoms with Crippen LogP contribution >= 0.6 is 39.1 Å². The van der Waals surface area contributed by atoms with E-state index in [0.717, 1.165) is 27.0 Å². The molecule has 0 spiro atoms. The molecular formula is C15H11BrCl2N2. The SMILES string of the molecule is Cc1ccc(-n2c(CCl)nc3cc(Cl)ccc32)c(Br)c1. The number of rotatable bonds is 2. The molecule has 0 aliphatic heterocycles. The van der Waals surface area contributed by atoms with Crippen molar-refractivity contribution in [3.63, 3.8) is 0 Å². The van der Waals surface area contributed by atoms with E-state index in [-0.39, 0.29) is 0 Å². The predicted molar refractivity (Wildman–Crippen MR) is 88.1 cm³/mol. The van der Waals surface area contributed by atoms with Crippen LogP contribution in [0.3, 0.4) is 0 Å². The van der Waals surface area contributed by atoms with Crippen molar-refractivity contribution in [2.75, 3.05) is 0 Å². The van der Waals surface area contributed by atoms with Crippen molar-refractivity contribution in [2.24, 2.45) is 0 Å². The van der Waals surface area contributed by atoms with Crippen molar-refractivity contribution in [2.45, 2.75) is 12.8 Å². The summed E-state index contributed by atoms with van der Waals surface area (Å²) >= 11 is 15.7. The minimum atomic E-state index is 0.340. The van der Waals surface area contributed by atoms with E-state index in [4.69, 9.17) is 23.2 Å². The zero-order chi connectivity index (χ0) is 14.3. The van der Waals surface area contributed by atoms with Gasteiger partial charge in [0.05, 0.1) is 22.6 Å². The summed E-state index contributed by atoms with van der Waals surface area (Å²) in [6.45, 7) is 2.06. The first-order valence-electron chi connectivity index (χ1n) is 6.09. The number of fused-ring (bicyclic) bond motifs is 1. The van der Waals surface area contributed by atoms with Crippen LogP contribution in [0.4, 0.5) is 0 Å². The van der Waals surface area contributed by atoms with Crippen LogP contribution in [0.1, 0.15) is 11.4 Å². The van der Waals surface area contributed by atoms with Crippen LogP contribution in [-0.4, -0.2) is 9.55 Å². The number of hydrogen-bond donors (Lipinski definition) is 0. The quantitative estimate of drug-likeness (QED) is 0.546. The number of alkyl halides is 1. The summed E-state index contributed by atoms with van der Waals surface area (Å²) < 4.78 is 3.07. The molecule has 1 aromatic heterocycles. The molecule has 102 valence electrons. The molecule has 0 radical (unpaired) electrons. The Kier molecular flexibility index (Phi) is 3.76. The number of imidazole rings is 1. The van der Waals surface area contributed by atoms with Crippen LogP contribution in [0, 0.1) is 6.92 Å². The van der Waals surface area contributed by atoms with E-state index in [1.807, 2.05) is 18.2 Å². The third kappa shape index (κ3) is 2.34. The smallest absolute Gasteiger partial charge is 0.129 e. The number of benzene rings is 2. The molecule has 1 heterocycles. The van der Waals surface area contributed by atoms with Gasteiger partial charge >= 0.3 is 0 Å². The average molecular weight is 370 g/mol. The van der Waals surface area contributed by atoms with E-state index in [1.54, 1.807) is 0 Å². The van der Waals surface area contributed by atoms with Crippen molar-refractivity contribution in [3.8, 4) is 5.69 Å². The number of aryl methyl sites for hydroxylation is 1. The van der Waals surface area contributed by atoms with Crippen molar-refractivity contribution in [1.29, 1.82) is 0 Å². The third-order valence-corrected chi connectivity index (χ3v) is 4.26. The van der Waals surface area contributed by atoms with Gasteiger partial charge in [-0.15, -0.1) is 11.6 Å². The molecule has 0 saturated heterocycles. The van der Waals surface area contributed by atoms with Gasteiger partial charge in [-0.05, 0) is 58.7 Å². The van der Waals surface area contributed by atoms with Gasteiger partial charge in [-0.1, -0.05) is 17.7 Å². The van der Waals surface area contributed by atoms with Gasteiger partial charge in [-0.3, -0.25) is 4.57 Å². The fourth-order valence-electron chi connectivity index (χ4n) is 2.26. The maximum absolute atomic E-state index is 6.05. The highest BCUT2D eigenvalue weighted by Gasteiger charge is 2.14. The Morgan fingerprint density at radius 1 is 1.20 bits per heavy atom. The number of aromatic nitrogens is 2. The van der Waals surface area contributed by atoms with Gasteiger partial charge in [-0.2, -0.15) is 0 Å². The van der Waals surface area contributed by atoms with Gasteiger partial charge in [0.1, 0.15) is 5.82 Å². The van der Waals surface area contributed by atoms with Crippen LogP contribution in [0.2, 0.25) is 5.02 Å². The Morgan fingerprint density at radius 3 is 2.70 bits per heavy atom. The second-order valence-corrected chi connectivity index (χ2v) is 6.14. The molecule has 0 amide bonds. The van der Waals surface area contributed by atoms with Gasteiger partial charge in [0, 0.05) is 9.50 Å².